The van der Waals surface area contributed by atoms with Gasteiger partial charge >= 0.3 is 0 Å². The summed E-state index contributed by atoms with van der Waals surface area (Å²) in [5.74, 6) is 1.37. The van der Waals surface area contributed by atoms with Crippen molar-refractivity contribution >= 4 is 22.2 Å². The molecular formula is C18H22N2O2S. The maximum absolute atomic E-state index is 12.6. The zero-order chi connectivity index (χ0) is 16.4. The molecule has 1 aliphatic carbocycles. The van der Waals surface area contributed by atoms with Gasteiger partial charge in [-0.25, -0.2) is 0 Å². The predicted octanol–water partition coefficient (Wildman–Crippen LogP) is 3.39. The summed E-state index contributed by atoms with van der Waals surface area (Å²) in [5.41, 5.74) is 8.93. The number of fused-ring (bicyclic) bond motifs is 1. The van der Waals surface area contributed by atoms with Gasteiger partial charge in [0.2, 0.25) is 0 Å². The molecule has 3 rings (SSSR count). The Morgan fingerprint density at radius 2 is 2.22 bits per heavy atom. The first-order valence-corrected chi connectivity index (χ1v) is 8.72. The van der Waals surface area contributed by atoms with E-state index < -0.39 is 0 Å². The number of anilines is 1. The van der Waals surface area contributed by atoms with Crippen LogP contribution in [0.25, 0.3) is 0 Å². The highest BCUT2D eigenvalue weighted by Crippen LogP contribution is 2.38. The summed E-state index contributed by atoms with van der Waals surface area (Å²) >= 11 is 1.57. The Morgan fingerprint density at radius 3 is 3.00 bits per heavy atom. The third-order valence-electron chi connectivity index (χ3n) is 4.40. The molecule has 0 saturated carbocycles. The highest BCUT2D eigenvalue weighted by molar-refractivity contribution is 7.16. The van der Waals surface area contributed by atoms with Crippen molar-refractivity contribution in [1.82, 2.24) is 5.32 Å². The van der Waals surface area contributed by atoms with Crippen molar-refractivity contribution in [2.24, 2.45) is 5.92 Å². The lowest BCUT2D eigenvalue weighted by molar-refractivity contribution is 0.0950. The minimum atomic E-state index is -0.0829. The number of methoxy groups -OCH3 is 1. The Morgan fingerprint density at radius 1 is 1.43 bits per heavy atom. The Hall–Kier alpha value is -2.01. The van der Waals surface area contributed by atoms with Crippen molar-refractivity contribution in [3.05, 3.63) is 45.8 Å². The molecule has 1 atom stereocenters. The highest BCUT2D eigenvalue weighted by atomic mass is 32.1. The van der Waals surface area contributed by atoms with Crippen molar-refractivity contribution in [3.8, 4) is 5.75 Å². The van der Waals surface area contributed by atoms with E-state index in [0.29, 0.717) is 23.0 Å². The molecule has 2 aromatic rings. The lowest BCUT2D eigenvalue weighted by Gasteiger charge is -2.18. The number of para-hydroxylation sites is 1. The number of benzene rings is 1. The monoisotopic (exact) mass is 330 g/mol. The van der Waals surface area contributed by atoms with Crippen LogP contribution in [0.2, 0.25) is 0 Å². The molecule has 122 valence electrons. The summed E-state index contributed by atoms with van der Waals surface area (Å²) in [5, 5.41) is 3.63. The summed E-state index contributed by atoms with van der Waals surface area (Å²) < 4.78 is 5.32. The number of hydrogen-bond donors (Lipinski definition) is 2. The zero-order valence-corrected chi connectivity index (χ0v) is 14.3. The first kappa shape index (κ1) is 15.9. The smallest absolute Gasteiger partial charge is 0.254 e. The van der Waals surface area contributed by atoms with Crippen molar-refractivity contribution in [3.63, 3.8) is 0 Å². The SMILES string of the molecule is COc1ccccc1CNC(=O)c1c(N)sc2c1CCC(C)C2. The van der Waals surface area contributed by atoms with E-state index in [1.165, 1.54) is 4.88 Å². The molecule has 4 nitrogen and oxygen atoms in total. The molecule has 0 radical (unpaired) electrons. The topological polar surface area (TPSA) is 64.3 Å². The lowest BCUT2D eigenvalue weighted by atomic mass is 9.88. The number of carbonyl (C=O) groups excluding carboxylic acids is 1. The summed E-state index contributed by atoms with van der Waals surface area (Å²) in [7, 11) is 1.63. The van der Waals surface area contributed by atoms with Gasteiger partial charge in [0.15, 0.2) is 0 Å². The Kier molecular flexibility index (Phi) is 4.57. The van der Waals surface area contributed by atoms with Gasteiger partial charge in [-0.15, -0.1) is 11.3 Å². The van der Waals surface area contributed by atoms with Gasteiger partial charge in [-0.05, 0) is 36.8 Å². The van der Waals surface area contributed by atoms with Crippen LogP contribution in [0.4, 0.5) is 5.00 Å². The van der Waals surface area contributed by atoms with Gasteiger partial charge in [-0.2, -0.15) is 0 Å². The third kappa shape index (κ3) is 3.20. The standard InChI is InChI=1S/C18H22N2O2S/c1-11-7-8-13-15(9-11)23-17(19)16(13)18(21)20-10-12-5-3-4-6-14(12)22-2/h3-6,11H,7-10,19H2,1-2H3,(H,20,21). The van der Waals surface area contributed by atoms with Crippen LogP contribution in [0, 0.1) is 5.92 Å². The largest absolute Gasteiger partial charge is 0.496 e. The van der Waals surface area contributed by atoms with Crippen LogP contribution in [-0.2, 0) is 19.4 Å². The molecule has 0 fully saturated rings. The van der Waals surface area contributed by atoms with Crippen LogP contribution in [0.5, 0.6) is 5.75 Å². The molecule has 23 heavy (non-hydrogen) atoms. The number of amides is 1. The number of nitrogens with one attached hydrogen (secondary N) is 1. The second-order valence-corrected chi connectivity index (χ2v) is 7.22. The van der Waals surface area contributed by atoms with Gasteiger partial charge in [0.25, 0.3) is 5.91 Å². The molecular weight excluding hydrogens is 308 g/mol. The number of thiophene rings is 1. The quantitative estimate of drug-likeness (QED) is 0.903. The molecule has 1 amide bonds. The molecule has 1 heterocycles. The van der Waals surface area contributed by atoms with Crippen LogP contribution in [0.1, 0.15) is 39.7 Å². The van der Waals surface area contributed by atoms with Crippen LogP contribution in [0.3, 0.4) is 0 Å². The van der Waals surface area contributed by atoms with Gasteiger partial charge in [-0.1, -0.05) is 25.1 Å². The maximum Gasteiger partial charge on any atom is 0.254 e. The Balaban J connectivity index is 1.77. The molecule has 1 unspecified atom stereocenters. The van der Waals surface area contributed by atoms with Gasteiger partial charge in [0, 0.05) is 17.0 Å². The molecule has 1 aliphatic rings. The molecule has 1 aromatic carbocycles. The fraction of sp³-hybridized carbons (Fsp3) is 0.389. The van der Waals surface area contributed by atoms with Crippen molar-refractivity contribution in [1.29, 1.82) is 0 Å². The minimum Gasteiger partial charge on any atom is -0.496 e. The molecule has 0 aliphatic heterocycles. The molecule has 0 bridgehead atoms. The van der Waals surface area contributed by atoms with Gasteiger partial charge in [-0.3, -0.25) is 4.79 Å². The fourth-order valence-corrected chi connectivity index (χ4v) is 4.41. The van der Waals surface area contributed by atoms with E-state index >= 15 is 0 Å². The summed E-state index contributed by atoms with van der Waals surface area (Å²) in [4.78, 5) is 13.9. The van der Waals surface area contributed by atoms with Crippen molar-refractivity contribution in [2.45, 2.75) is 32.7 Å². The molecule has 5 heteroatoms. The van der Waals surface area contributed by atoms with E-state index in [1.807, 2.05) is 24.3 Å². The molecule has 3 N–H and O–H groups in total. The molecule has 0 saturated heterocycles. The number of hydrogen-bond acceptors (Lipinski definition) is 4. The fourth-order valence-electron chi connectivity index (χ4n) is 3.13. The van der Waals surface area contributed by atoms with Gasteiger partial charge in [0.1, 0.15) is 5.75 Å². The van der Waals surface area contributed by atoms with Crippen LogP contribution < -0.4 is 15.8 Å². The minimum absolute atomic E-state index is 0.0829. The number of rotatable bonds is 4. The second kappa shape index (κ2) is 6.62. The third-order valence-corrected chi connectivity index (χ3v) is 5.48. The van der Waals surface area contributed by atoms with E-state index in [9.17, 15) is 4.79 Å². The Bertz CT molecular complexity index is 724. The summed E-state index contributed by atoms with van der Waals surface area (Å²) in [6.45, 7) is 2.68. The van der Waals surface area contributed by atoms with Gasteiger partial charge in [0.05, 0.1) is 17.7 Å². The van der Waals surface area contributed by atoms with E-state index in [-0.39, 0.29) is 5.91 Å². The predicted molar refractivity (Wildman–Crippen MR) is 94.1 cm³/mol. The van der Waals surface area contributed by atoms with E-state index in [2.05, 4.69) is 12.2 Å². The normalized spacial score (nSPS) is 16.7. The number of nitrogen functional groups attached to an aromatic ring is 1. The molecule has 0 spiro atoms. The van der Waals surface area contributed by atoms with E-state index in [0.717, 1.165) is 36.1 Å². The summed E-state index contributed by atoms with van der Waals surface area (Å²) in [6.07, 6.45) is 3.10. The Labute approximate surface area is 140 Å². The van der Waals surface area contributed by atoms with Gasteiger partial charge < -0.3 is 15.8 Å². The first-order chi connectivity index (χ1) is 11.1. The molecule has 1 aromatic heterocycles. The average Bonchev–Trinajstić information content (AvgIpc) is 2.87. The van der Waals surface area contributed by atoms with E-state index in [4.69, 9.17) is 10.5 Å². The van der Waals surface area contributed by atoms with Crippen LogP contribution in [0.15, 0.2) is 24.3 Å². The second-order valence-electron chi connectivity index (χ2n) is 6.09. The summed E-state index contributed by atoms with van der Waals surface area (Å²) in [6, 6.07) is 7.70. The maximum atomic E-state index is 12.6. The number of carbonyl (C=O) groups is 1. The van der Waals surface area contributed by atoms with E-state index in [1.54, 1.807) is 18.4 Å². The lowest BCUT2D eigenvalue weighted by Crippen LogP contribution is -2.25. The first-order valence-electron chi connectivity index (χ1n) is 7.90. The van der Waals surface area contributed by atoms with Crippen LogP contribution in [-0.4, -0.2) is 13.0 Å². The van der Waals surface area contributed by atoms with Crippen LogP contribution >= 0.6 is 11.3 Å². The van der Waals surface area contributed by atoms with Crippen molar-refractivity contribution in [2.75, 3.05) is 12.8 Å². The highest BCUT2D eigenvalue weighted by Gasteiger charge is 2.26. The number of nitrogens with two attached hydrogens (primary N) is 1. The van der Waals surface area contributed by atoms with Crippen molar-refractivity contribution < 1.29 is 9.53 Å². The average molecular weight is 330 g/mol. The number of ether oxygens (including phenoxy) is 1. The zero-order valence-electron chi connectivity index (χ0n) is 13.5.